The summed E-state index contributed by atoms with van der Waals surface area (Å²) in [7, 11) is 0. The third kappa shape index (κ3) is 4.49. The van der Waals surface area contributed by atoms with E-state index in [1.807, 2.05) is 42.5 Å². The van der Waals surface area contributed by atoms with Crippen LogP contribution in [0.1, 0.15) is 59.8 Å². The summed E-state index contributed by atoms with van der Waals surface area (Å²) in [5.74, 6) is 14.6. The van der Waals surface area contributed by atoms with Crippen molar-refractivity contribution in [3.8, 4) is 41.0 Å². The Morgan fingerprint density at radius 2 is 1.81 bits per heavy atom. The van der Waals surface area contributed by atoms with Crippen molar-refractivity contribution in [3.05, 3.63) is 70.9 Å². The molecule has 0 unspecified atom stereocenters. The van der Waals surface area contributed by atoms with E-state index in [0.717, 1.165) is 83.1 Å². The maximum Gasteiger partial charge on any atom is 0.136 e. The summed E-state index contributed by atoms with van der Waals surface area (Å²) < 4.78 is 0. The molecule has 36 heavy (non-hydrogen) atoms. The second-order valence-electron chi connectivity index (χ2n) is 9.07. The quantitative estimate of drug-likeness (QED) is 0.338. The SMILES string of the molecule is N#CCc1[nH]c([C@@H]2CCCN2)nc1-c1ccc(C#Cc2ccc3nc([C@@H]4C#CCCN4)[nH]c3c2)cc1. The molecule has 1 saturated heterocycles. The number of imidazole rings is 2. The molecule has 2 aromatic carbocycles. The highest BCUT2D eigenvalue weighted by Gasteiger charge is 2.22. The van der Waals surface area contributed by atoms with Gasteiger partial charge in [-0.15, -0.1) is 0 Å². The number of fused-ring (bicyclic) bond motifs is 1. The molecule has 4 aromatic rings. The molecule has 1 fully saturated rings. The van der Waals surface area contributed by atoms with Crippen LogP contribution in [0.5, 0.6) is 0 Å². The second kappa shape index (κ2) is 9.72. The average Bonchev–Trinajstić information content (AvgIpc) is 3.68. The molecule has 2 aliphatic rings. The number of rotatable bonds is 4. The lowest BCUT2D eigenvalue weighted by Gasteiger charge is -2.12. The number of hydrogen-bond donors (Lipinski definition) is 4. The smallest absolute Gasteiger partial charge is 0.136 e. The number of benzene rings is 2. The van der Waals surface area contributed by atoms with E-state index in [1.54, 1.807) is 0 Å². The monoisotopic (exact) mass is 471 g/mol. The van der Waals surface area contributed by atoms with Gasteiger partial charge in [-0.1, -0.05) is 35.8 Å². The van der Waals surface area contributed by atoms with Gasteiger partial charge in [0, 0.05) is 29.7 Å². The van der Waals surface area contributed by atoms with Crippen LogP contribution in [0, 0.1) is 35.0 Å². The van der Waals surface area contributed by atoms with Crippen LogP contribution in [0.3, 0.4) is 0 Å². The van der Waals surface area contributed by atoms with E-state index in [2.05, 4.69) is 55.3 Å². The van der Waals surface area contributed by atoms with Crippen LogP contribution in [0.2, 0.25) is 0 Å². The van der Waals surface area contributed by atoms with E-state index >= 15 is 0 Å². The molecule has 6 rings (SSSR count). The van der Waals surface area contributed by atoms with Crippen molar-refractivity contribution in [1.29, 1.82) is 5.26 Å². The zero-order valence-electron chi connectivity index (χ0n) is 19.8. The standard InChI is InChI=1S/C29H25N7/c30-15-14-23-27(36-29(34-23)25-5-3-17-32-25)21-11-8-19(9-12-21)6-7-20-10-13-22-26(18-20)35-28(33-22)24-4-1-2-16-31-24/h8-13,18,24-25,31-32H,2-3,5,14,16-17H2,(H,33,35)(H,34,36)/t24-,25-/m0/s1. The van der Waals surface area contributed by atoms with E-state index in [-0.39, 0.29) is 12.1 Å². The van der Waals surface area contributed by atoms with Gasteiger partial charge in [-0.25, -0.2) is 9.97 Å². The molecule has 2 aliphatic heterocycles. The first-order valence-corrected chi connectivity index (χ1v) is 12.3. The van der Waals surface area contributed by atoms with Crippen LogP contribution in [0.4, 0.5) is 0 Å². The summed E-state index contributed by atoms with van der Waals surface area (Å²) >= 11 is 0. The predicted octanol–water partition coefficient (Wildman–Crippen LogP) is 3.88. The van der Waals surface area contributed by atoms with Crippen LogP contribution in [0.25, 0.3) is 22.3 Å². The molecule has 0 saturated carbocycles. The fourth-order valence-electron chi connectivity index (χ4n) is 4.73. The third-order valence-corrected chi connectivity index (χ3v) is 6.57. The fraction of sp³-hybridized carbons (Fsp3) is 0.276. The Kier molecular flexibility index (Phi) is 5.98. The van der Waals surface area contributed by atoms with Gasteiger partial charge < -0.3 is 15.3 Å². The minimum Gasteiger partial charge on any atom is -0.343 e. The molecule has 7 heteroatoms. The van der Waals surface area contributed by atoms with Gasteiger partial charge in [0.2, 0.25) is 0 Å². The van der Waals surface area contributed by atoms with Crippen LogP contribution in [0.15, 0.2) is 42.5 Å². The molecule has 176 valence electrons. The average molecular weight is 472 g/mol. The number of aromatic nitrogens is 4. The second-order valence-corrected chi connectivity index (χ2v) is 9.07. The van der Waals surface area contributed by atoms with Gasteiger partial charge in [-0.3, -0.25) is 5.32 Å². The Labute approximate surface area is 209 Å². The van der Waals surface area contributed by atoms with Crippen molar-refractivity contribution < 1.29 is 0 Å². The van der Waals surface area contributed by atoms with Gasteiger partial charge in [-0.2, -0.15) is 5.26 Å². The first-order valence-electron chi connectivity index (χ1n) is 12.3. The topological polar surface area (TPSA) is 105 Å². The summed E-state index contributed by atoms with van der Waals surface area (Å²) in [6.45, 7) is 1.88. The predicted molar refractivity (Wildman–Crippen MR) is 139 cm³/mol. The van der Waals surface area contributed by atoms with Gasteiger partial charge in [0.05, 0.1) is 41.0 Å². The van der Waals surface area contributed by atoms with E-state index < -0.39 is 0 Å². The molecular weight excluding hydrogens is 446 g/mol. The third-order valence-electron chi connectivity index (χ3n) is 6.57. The van der Waals surface area contributed by atoms with Gasteiger partial charge in [-0.05, 0) is 49.7 Å². The van der Waals surface area contributed by atoms with Gasteiger partial charge in [0.1, 0.15) is 17.7 Å². The van der Waals surface area contributed by atoms with E-state index in [0.29, 0.717) is 6.42 Å². The van der Waals surface area contributed by atoms with Gasteiger partial charge in [0.25, 0.3) is 0 Å². The molecule has 0 spiro atoms. The Bertz CT molecular complexity index is 1570. The maximum atomic E-state index is 9.27. The van der Waals surface area contributed by atoms with Crippen molar-refractivity contribution in [3.63, 3.8) is 0 Å². The number of nitrogens with one attached hydrogen (secondary N) is 4. The largest absolute Gasteiger partial charge is 0.343 e. The highest BCUT2D eigenvalue weighted by Crippen LogP contribution is 2.28. The van der Waals surface area contributed by atoms with Crippen molar-refractivity contribution in [1.82, 2.24) is 30.6 Å². The zero-order chi connectivity index (χ0) is 24.3. The Morgan fingerprint density at radius 1 is 0.944 bits per heavy atom. The van der Waals surface area contributed by atoms with Gasteiger partial charge >= 0.3 is 0 Å². The van der Waals surface area contributed by atoms with Crippen LogP contribution in [-0.4, -0.2) is 33.0 Å². The normalized spacial score (nSPS) is 18.8. The highest BCUT2D eigenvalue weighted by atomic mass is 15.0. The lowest BCUT2D eigenvalue weighted by molar-refractivity contribution is 0.607. The minimum atomic E-state index is -0.0482. The molecule has 2 atom stereocenters. The Balaban J connectivity index is 1.22. The Hall–Kier alpha value is -4.35. The number of aromatic amines is 2. The van der Waals surface area contributed by atoms with Crippen LogP contribution in [-0.2, 0) is 6.42 Å². The molecule has 4 heterocycles. The molecule has 0 radical (unpaired) electrons. The van der Waals surface area contributed by atoms with Crippen molar-refractivity contribution in [2.24, 2.45) is 0 Å². The molecule has 0 aliphatic carbocycles. The number of nitriles is 1. The summed E-state index contributed by atoms with van der Waals surface area (Å²) in [6.07, 6.45) is 3.38. The fourth-order valence-corrected chi connectivity index (χ4v) is 4.73. The van der Waals surface area contributed by atoms with Gasteiger partial charge in [0.15, 0.2) is 0 Å². The van der Waals surface area contributed by atoms with Crippen LogP contribution >= 0.6 is 0 Å². The summed E-state index contributed by atoms with van der Waals surface area (Å²) in [6, 6.07) is 16.5. The highest BCUT2D eigenvalue weighted by molar-refractivity contribution is 5.77. The first-order chi connectivity index (χ1) is 17.8. The molecule has 2 aromatic heterocycles. The maximum absolute atomic E-state index is 9.27. The van der Waals surface area contributed by atoms with Crippen LogP contribution < -0.4 is 10.6 Å². The number of nitrogens with zero attached hydrogens (tertiary/aromatic N) is 3. The van der Waals surface area contributed by atoms with E-state index in [4.69, 9.17) is 4.98 Å². The zero-order valence-corrected chi connectivity index (χ0v) is 19.8. The lowest BCUT2D eigenvalue weighted by atomic mass is 10.1. The molecule has 4 N–H and O–H groups in total. The van der Waals surface area contributed by atoms with E-state index in [1.165, 1.54) is 0 Å². The number of H-pyrrole nitrogens is 2. The summed E-state index contributed by atoms with van der Waals surface area (Å²) in [5.41, 5.74) is 6.39. The molecular formula is C29H25N7. The molecule has 0 amide bonds. The Morgan fingerprint density at radius 3 is 2.58 bits per heavy atom. The van der Waals surface area contributed by atoms with E-state index in [9.17, 15) is 5.26 Å². The molecule has 0 bridgehead atoms. The van der Waals surface area contributed by atoms with Crippen molar-refractivity contribution in [2.75, 3.05) is 13.1 Å². The number of hydrogen-bond acceptors (Lipinski definition) is 5. The first kappa shape index (κ1) is 22.1. The van der Waals surface area contributed by atoms with Crippen molar-refractivity contribution >= 4 is 11.0 Å². The summed E-state index contributed by atoms with van der Waals surface area (Å²) in [5, 5.41) is 16.1. The summed E-state index contributed by atoms with van der Waals surface area (Å²) in [4.78, 5) is 16.3. The lowest BCUT2D eigenvalue weighted by Crippen LogP contribution is -2.24. The molecule has 7 nitrogen and oxygen atoms in total. The minimum absolute atomic E-state index is 0.0482. The van der Waals surface area contributed by atoms with Crippen molar-refractivity contribution in [2.45, 2.75) is 37.8 Å².